The predicted octanol–water partition coefficient (Wildman–Crippen LogP) is 1.57. The molecule has 0 radical (unpaired) electrons. The van der Waals surface area contributed by atoms with Crippen LogP contribution < -0.4 is 0 Å². The van der Waals surface area contributed by atoms with Crippen LogP contribution in [0.5, 0.6) is 0 Å². The molecule has 1 aromatic carbocycles. The van der Waals surface area contributed by atoms with Crippen molar-refractivity contribution < 1.29 is 4.79 Å². The van der Waals surface area contributed by atoms with Gasteiger partial charge in [-0.15, -0.1) is 5.10 Å². The van der Waals surface area contributed by atoms with E-state index in [-0.39, 0.29) is 5.78 Å². The Morgan fingerprint density at radius 1 is 1.29 bits per heavy atom. The molecule has 0 amide bonds. The fraction of sp³-hybridized carbons (Fsp3) is 0.333. The number of aryl methyl sites for hydroxylation is 1. The second-order valence-electron chi connectivity index (χ2n) is 3.73. The lowest BCUT2D eigenvalue weighted by atomic mass is 10.2. The predicted molar refractivity (Wildman–Crippen MR) is 62.8 cm³/mol. The Hall–Kier alpha value is -2.04. The highest BCUT2D eigenvalue weighted by Crippen LogP contribution is 2.08. The summed E-state index contributed by atoms with van der Waals surface area (Å²) in [6.45, 7) is 1.86. The van der Waals surface area contributed by atoms with E-state index in [9.17, 15) is 4.79 Å². The van der Waals surface area contributed by atoms with Gasteiger partial charge in [0, 0.05) is 19.3 Å². The molecule has 0 aliphatic rings. The Balaban J connectivity index is 2.15. The maximum Gasteiger partial charge on any atom is 0.157 e. The molecule has 2 aromatic rings. The van der Waals surface area contributed by atoms with Crippen molar-refractivity contribution in [1.29, 1.82) is 0 Å². The van der Waals surface area contributed by atoms with E-state index in [1.807, 2.05) is 37.3 Å². The first-order chi connectivity index (χ1) is 8.31. The van der Waals surface area contributed by atoms with Gasteiger partial charge in [-0.3, -0.25) is 4.79 Å². The molecule has 0 spiro atoms. The number of benzene rings is 1. The average molecular weight is 230 g/mol. The van der Waals surface area contributed by atoms with Crippen LogP contribution in [-0.4, -0.2) is 26.0 Å². The zero-order valence-electron chi connectivity index (χ0n) is 9.71. The molecular formula is C12H14N4O. The standard InChI is InChI=1S/C12H14N4O/c1-2-11(17)8-9-12-13-14-15-16(12)10-6-4-3-5-7-10/h3-7H,2,8-9H2,1H3. The average Bonchev–Trinajstić information content (AvgIpc) is 2.85. The summed E-state index contributed by atoms with van der Waals surface area (Å²) < 4.78 is 1.67. The first kappa shape index (κ1) is 11.4. The summed E-state index contributed by atoms with van der Waals surface area (Å²) in [7, 11) is 0. The van der Waals surface area contributed by atoms with E-state index in [4.69, 9.17) is 0 Å². The van der Waals surface area contributed by atoms with Gasteiger partial charge in [-0.2, -0.15) is 4.68 Å². The molecule has 0 aliphatic carbocycles. The van der Waals surface area contributed by atoms with Crippen LogP contribution in [0.2, 0.25) is 0 Å². The van der Waals surface area contributed by atoms with E-state index < -0.39 is 0 Å². The molecular weight excluding hydrogens is 216 g/mol. The topological polar surface area (TPSA) is 60.7 Å². The lowest BCUT2D eigenvalue weighted by Gasteiger charge is -2.03. The minimum atomic E-state index is 0.229. The number of Topliss-reactive ketones (excluding diaryl/α,β-unsaturated/α-hetero) is 1. The van der Waals surface area contributed by atoms with E-state index in [1.54, 1.807) is 4.68 Å². The number of nitrogens with zero attached hydrogens (tertiary/aromatic N) is 4. The number of hydrogen-bond donors (Lipinski definition) is 0. The molecule has 2 rings (SSSR count). The SMILES string of the molecule is CCC(=O)CCc1nnnn1-c1ccccc1. The third-order valence-corrected chi connectivity index (χ3v) is 2.56. The van der Waals surface area contributed by atoms with E-state index in [2.05, 4.69) is 15.5 Å². The quantitative estimate of drug-likeness (QED) is 0.782. The largest absolute Gasteiger partial charge is 0.300 e. The molecule has 0 unspecified atom stereocenters. The first-order valence-corrected chi connectivity index (χ1v) is 5.65. The number of tetrazole rings is 1. The summed E-state index contributed by atoms with van der Waals surface area (Å²) in [5.41, 5.74) is 0.913. The number of hydrogen-bond acceptors (Lipinski definition) is 4. The molecule has 1 heterocycles. The van der Waals surface area contributed by atoms with Crippen LogP contribution in [0.15, 0.2) is 30.3 Å². The fourth-order valence-corrected chi connectivity index (χ4v) is 1.56. The van der Waals surface area contributed by atoms with Gasteiger partial charge in [-0.1, -0.05) is 25.1 Å². The summed E-state index contributed by atoms with van der Waals surface area (Å²) in [6.07, 6.45) is 1.63. The smallest absolute Gasteiger partial charge is 0.157 e. The summed E-state index contributed by atoms with van der Waals surface area (Å²) >= 11 is 0. The summed E-state index contributed by atoms with van der Waals surface area (Å²) in [6, 6.07) is 9.66. The molecule has 5 nitrogen and oxygen atoms in total. The molecule has 5 heteroatoms. The summed E-state index contributed by atoms with van der Waals surface area (Å²) in [5, 5.41) is 11.5. The van der Waals surface area contributed by atoms with Gasteiger partial charge in [0.2, 0.25) is 0 Å². The molecule has 0 fully saturated rings. The van der Waals surface area contributed by atoms with E-state index >= 15 is 0 Å². The van der Waals surface area contributed by atoms with Crippen LogP contribution in [0, 0.1) is 0 Å². The van der Waals surface area contributed by atoms with Gasteiger partial charge in [0.05, 0.1) is 5.69 Å². The van der Waals surface area contributed by atoms with Crippen molar-refractivity contribution in [2.75, 3.05) is 0 Å². The molecule has 0 saturated carbocycles. The Kier molecular flexibility index (Phi) is 3.59. The maximum absolute atomic E-state index is 11.3. The highest BCUT2D eigenvalue weighted by molar-refractivity contribution is 5.78. The van der Waals surface area contributed by atoms with Crippen molar-refractivity contribution in [2.45, 2.75) is 26.2 Å². The number of rotatable bonds is 5. The molecule has 0 N–H and O–H groups in total. The van der Waals surface area contributed by atoms with E-state index in [0.29, 0.717) is 19.3 Å². The van der Waals surface area contributed by atoms with Crippen LogP contribution in [0.25, 0.3) is 5.69 Å². The lowest BCUT2D eigenvalue weighted by Crippen LogP contribution is -2.06. The van der Waals surface area contributed by atoms with Gasteiger partial charge in [-0.05, 0) is 22.6 Å². The molecule has 0 aliphatic heterocycles. The number of ketones is 1. The number of carbonyl (C=O) groups is 1. The first-order valence-electron chi connectivity index (χ1n) is 5.65. The monoisotopic (exact) mass is 230 g/mol. The van der Waals surface area contributed by atoms with Crippen LogP contribution in [0.3, 0.4) is 0 Å². The number of carbonyl (C=O) groups excluding carboxylic acids is 1. The third-order valence-electron chi connectivity index (χ3n) is 2.56. The minimum absolute atomic E-state index is 0.229. The van der Waals surface area contributed by atoms with E-state index in [0.717, 1.165) is 11.5 Å². The number of para-hydroxylation sites is 1. The molecule has 17 heavy (non-hydrogen) atoms. The van der Waals surface area contributed by atoms with Crippen LogP contribution in [0.4, 0.5) is 0 Å². The van der Waals surface area contributed by atoms with Gasteiger partial charge >= 0.3 is 0 Å². The molecule has 0 bridgehead atoms. The van der Waals surface area contributed by atoms with Gasteiger partial charge < -0.3 is 0 Å². The van der Waals surface area contributed by atoms with Gasteiger partial charge in [-0.25, -0.2) is 0 Å². The van der Waals surface area contributed by atoms with Crippen molar-refractivity contribution in [1.82, 2.24) is 20.2 Å². The second-order valence-corrected chi connectivity index (χ2v) is 3.73. The number of aromatic nitrogens is 4. The molecule has 88 valence electrons. The van der Waals surface area contributed by atoms with Crippen molar-refractivity contribution in [3.8, 4) is 5.69 Å². The van der Waals surface area contributed by atoms with Gasteiger partial charge in [0.25, 0.3) is 0 Å². The fourth-order valence-electron chi connectivity index (χ4n) is 1.56. The third kappa shape index (κ3) is 2.75. The summed E-state index contributed by atoms with van der Waals surface area (Å²) in [4.78, 5) is 11.3. The minimum Gasteiger partial charge on any atom is -0.300 e. The Bertz CT molecular complexity index is 492. The Morgan fingerprint density at radius 3 is 2.76 bits per heavy atom. The van der Waals surface area contributed by atoms with Gasteiger partial charge in [0.15, 0.2) is 5.82 Å². The normalized spacial score (nSPS) is 10.4. The van der Waals surface area contributed by atoms with Crippen molar-refractivity contribution >= 4 is 5.78 Å². The zero-order chi connectivity index (χ0) is 12.1. The lowest BCUT2D eigenvalue weighted by molar-refractivity contribution is -0.118. The molecule has 0 atom stereocenters. The Labute approximate surface area is 99.5 Å². The van der Waals surface area contributed by atoms with Crippen LogP contribution in [-0.2, 0) is 11.2 Å². The van der Waals surface area contributed by atoms with Gasteiger partial charge in [0.1, 0.15) is 5.78 Å². The van der Waals surface area contributed by atoms with Crippen LogP contribution in [0.1, 0.15) is 25.6 Å². The van der Waals surface area contributed by atoms with Crippen LogP contribution >= 0.6 is 0 Å². The van der Waals surface area contributed by atoms with Crippen molar-refractivity contribution in [2.24, 2.45) is 0 Å². The van der Waals surface area contributed by atoms with E-state index in [1.165, 1.54) is 0 Å². The second kappa shape index (κ2) is 5.34. The summed E-state index contributed by atoms with van der Waals surface area (Å²) in [5.74, 6) is 0.950. The van der Waals surface area contributed by atoms with Crippen molar-refractivity contribution in [3.63, 3.8) is 0 Å². The Morgan fingerprint density at radius 2 is 2.06 bits per heavy atom. The highest BCUT2D eigenvalue weighted by Gasteiger charge is 2.09. The zero-order valence-corrected chi connectivity index (χ0v) is 9.71. The van der Waals surface area contributed by atoms with Crippen molar-refractivity contribution in [3.05, 3.63) is 36.2 Å². The molecule has 0 saturated heterocycles. The maximum atomic E-state index is 11.3. The molecule has 1 aromatic heterocycles. The highest BCUT2D eigenvalue weighted by atomic mass is 16.1.